The molecule has 2 fully saturated rings. The Labute approximate surface area is 126 Å². The van der Waals surface area contributed by atoms with Crippen LogP contribution in [0.15, 0.2) is 30.3 Å². The van der Waals surface area contributed by atoms with Gasteiger partial charge in [0.25, 0.3) is 0 Å². The Morgan fingerprint density at radius 2 is 2.19 bits per heavy atom. The van der Waals surface area contributed by atoms with E-state index < -0.39 is 5.60 Å². The standard InChI is InChI=1S/C16H19BO4/c1-11-13-9-19-10-16(11,21-15(13)17)7-14(18)20-8-12-5-3-2-4-6-12/h2-6,11,13,15H,7-10H2,1H3/t11?,13-,15+,16-/m0/s1. The summed E-state index contributed by atoms with van der Waals surface area (Å²) in [6.07, 6.45) is 0.186. The van der Waals surface area contributed by atoms with Crippen molar-refractivity contribution in [2.24, 2.45) is 11.8 Å². The molecule has 2 heterocycles. The minimum Gasteiger partial charge on any atom is -0.461 e. The van der Waals surface area contributed by atoms with E-state index in [2.05, 4.69) is 6.92 Å². The fourth-order valence-electron chi connectivity index (χ4n) is 3.20. The highest BCUT2D eigenvalue weighted by Gasteiger charge is 2.54. The third-order valence-corrected chi connectivity index (χ3v) is 4.61. The van der Waals surface area contributed by atoms with Crippen LogP contribution in [0.3, 0.4) is 0 Å². The summed E-state index contributed by atoms with van der Waals surface area (Å²) in [5.41, 5.74) is 0.342. The van der Waals surface area contributed by atoms with Crippen LogP contribution in [0.25, 0.3) is 0 Å². The predicted octanol–water partition coefficient (Wildman–Crippen LogP) is 1.67. The lowest BCUT2D eigenvalue weighted by atomic mass is 9.74. The molecule has 0 aromatic heterocycles. The summed E-state index contributed by atoms with van der Waals surface area (Å²) in [5, 5.41) is 0. The van der Waals surface area contributed by atoms with Crippen LogP contribution in [0.5, 0.6) is 0 Å². The first-order chi connectivity index (χ1) is 10.1. The van der Waals surface area contributed by atoms with Crippen molar-refractivity contribution in [1.82, 2.24) is 0 Å². The Morgan fingerprint density at radius 1 is 1.43 bits per heavy atom. The van der Waals surface area contributed by atoms with Crippen LogP contribution in [0.2, 0.25) is 0 Å². The van der Waals surface area contributed by atoms with Gasteiger partial charge in [-0.2, -0.15) is 0 Å². The largest absolute Gasteiger partial charge is 0.461 e. The number of carbonyl (C=O) groups excluding carboxylic acids is 1. The Bertz CT molecular complexity index is 506. The van der Waals surface area contributed by atoms with Gasteiger partial charge in [0.15, 0.2) is 0 Å². The highest BCUT2D eigenvalue weighted by atomic mass is 16.6. The van der Waals surface area contributed by atoms with E-state index in [1.807, 2.05) is 30.3 Å². The molecule has 2 bridgehead atoms. The average Bonchev–Trinajstić information content (AvgIpc) is 2.62. The number of rotatable bonds is 4. The average molecular weight is 286 g/mol. The number of ether oxygens (including phenoxy) is 3. The first-order valence-electron chi connectivity index (χ1n) is 7.31. The zero-order valence-corrected chi connectivity index (χ0v) is 12.2. The molecule has 1 unspecified atom stereocenters. The second kappa shape index (κ2) is 5.81. The smallest absolute Gasteiger partial charge is 0.309 e. The minimum absolute atomic E-state index is 0.153. The molecule has 1 aromatic carbocycles. The van der Waals surface area contributed by atoms with Crippen molar-refractivity contribution < 1.29 is 19.0 Å². The van der Waals surface area contributed by atoms with Gasteiger partial charge in [-0.05, 0) is 11.5 Å². The minimum atomic E-state index is -0.629. The maximum Gasteiger partial charge on any atom is 0.309 e. The van der Waals surface area contributed by atoms with E-state index >= 15 is 0 Å². The van der Waals surface area contributed by atoms with Crippen molar-refractivity contribution in [3.05, 3.63) is 35.9 Å². The number of fused-ring (bicyclic) bond motifs is 2. The van der Waals surface area contributed by atoms with E-state index in [-0.39, 0.29) is 36.8 Å². The molecule has 0 N–H and O–H groups in total. The van der Waals surface area contributed by atoms with E-state index in [0.29, 0.717) is 13.2 Å². The van der Waals surface area contributed by atoms with Crippen molar-refractivity contribution >= 4 is 13.8 Å². The number of benzene rings is 1. The molecule has 110 valence electrons. The molecular formula is C16H19BO4. The molecule has 1 aromatic rings. The maximum absolute atomic E-state index is 12.1. The van der Waals surface area contributed by atoms with Crippen LogP contribution < -0.4 is 0 Å². The fraction of sp³-hybridized carbons (Fsp3) is 0.562. The maximum atomic E-state index is 12.1. The Hall–Kier alpha value is -1.33. The molecule has 2 aliphatic heterocycles. The quantitative estimate of drug-likeness (QED) is 0.624. The molecule has 21 heavy (non-hydrogen) atoms. The molecule has 2 radical (unpaired) electrons. The Morgan fingerprint density at radius 3 is 2.95 bits per heavy atom. The van der Waals surface area contributed by atoms with Gasteiger partial charge in [0.2, 0.25) is 0 Å². The van der Waals surface area contributed by atoms with Crippen LogP contribution >= 0.6 is 0 Å². The summed E-state index contributed by atoms with van der Waals surface area (Å²) in [6.45, 7) is 3.35. The molecule has 2 saturated heterocycles. The number of hydrogen-bond donors (Lipinski definition) is 0. The second-order valence-electron chi connectivity index (χ2n) is 5.94. The Kier molecular flexibility index (Phi) is 4.04. The second-order valence-corrected chi connectivity index (χ2v) is 5.94. The molecule has 0 spiro atoms. The zero-order chi connectivity index (χ0) is 14.9. The monoisotopic (exact) mass is 286 g/mol. The summed E-state index contributed by atoms with van der Waals surface area (Å²) < 4.78 is 16.8. The van der Waals surface area contributed by atoms with Gasteiger partial charge >= 0.3 is 5.97 Å². The van der Waals surface area contributed by atoms with Crippen LogP contribution in [0.1, 0.15) is 18.9 Å². The molecule has 0 saturated carbocycles. The molecule has 4 nitrogen and oxygen atoms in total. The predicted molar refractivity (Wildman–Crippen MR) is 77.7 cm³/mol. The molecule has 3 rings (SSSR count). The van der Waals surface area contributed by atoms with Gasteiger partial charge < -0.3 is 14.2 Å². The van der Waals surface area contributed by atoms with Crippen molar-refractivity contribution in [1.29, 1.82) is 0 Å². The third-order valence-electron chi connectivity index (χ3n) is 4.61. The highest BCUT2D eigenvalue weighted by Crippen LogP contribution is 2.45. The van der Waals surface area contributed by atoms with Crippen molar-refractivity contribution in [2.45, 2.75) is 31.6 Å². The van der Waals surface area contributed by atoms with Crippen molar-refractivity contribution in [2.75, 3.05) is 13.2 Å². The third kappa shape index (κ3) is 2.85. The van der Waals surface area contributed by atoms with Gasteiger partial charge in [-0.15, -0.1) is 0 Å². The summed E-state index contributed by atoms with van der Waals surface area (Å²) in [4.78, 5) is 12.1. The van der Waals surface area contributed by atoms with Gasteiger partial charge in [-0.1, -0.05) is 37.3 Å². The first-order valence-corrected chi connectivity index (χ1v) is 7.31. The number of esters is 1. The molecule has 2 aliphatic rings. The van der Waals surface area contributed by atoms with E-state index in [1.165, 1.54) is 0 Å². The molecule has 5 heteroatoms. The van der Waals surface area contributed by atoms with Gasteiger partial charge in [-0.3, -0.25) is 4.79 Å². The lowest BCUT2D eigenvalue weighted by molar-refractivity contribution is -0.159. The van der Waals surface area contributed by atoms with Crippen LogP contribution in [-0.4, -0.2) is 38.6 Å². The van der Waals surface area contributed by atoms with E-state index in [9.17, 15) is 4.79 Å². The van der Waals surface area contributed by atoms with Gasteiger partial charge in [0, 0.05) is 11.9 Å². The van der Waals surface area contributed by atoms with Crippen molar-refractivity contribution in [3.63, 3.8) is 0 Å². The van der Waals surface area contributed by atoms with Gasteiger partial charge in [-0.25, -0.2) is 0 Å². The summed E-state index contributed by atoms with van der Waals surface area (Å²) in [7, 11) is 5.98. The van der Waals surface area contributed by atoms with E-state index in [1.54, 1.807) is 0 Å². The zero-order valence-electron chi connectivity index (χ0n) is 12.2. The van der Waals surface area contributed by atoms with Gasteiger partial charge in [0.1, 0.15) is 20.1 Å². The number of hydrogen-bond acceptors (Lipinski definition) is 4. The normalized spacial score (nSPS) is 34.6. The SMILES string of the molecule is [B][C@@H]1O[C@@]2(CC(=O)OCc3ccccc3)COC[C@H]1C2C. The van der Waals surface area contributed by atoms with E-state index in [0.717, 1.165) is 5.56 Å². The topological polar surface area (TPSA) is 44.8 Å². The highest BCUT2D eigenvalue weighted by molar-refractivity contribution is 6.11. The lowest BCUT2D eigenvalue weighted by Crippen LogP contribution is -2.46. The molecule has 0 amide bonds. The lowest BCUT2D eigenvalue weighted by Gasteiger charge is -2.36. The number of carbonyl (C=O) groups is 1. The van der Waals surface area contributed by atoms with Crippen LogP contribution in [0, 0.1) is 11.8 Å². The summed E-state index contributed by atoms with van der Waals surface area (Å²) in [6, 6.07) is 9.26. The van der Waals surface area contributed by atoms with Gasteiger partial charge in [0.05, 0.1) is 19.6 Å². The first kappa shape index (κ1) is 14.6. The summed E-state index contributed by atoms with van der Waals surface area (Å²) in [5.74, 6) is 0.0789. The fourth-order valence-corrected chi connectivity index (χ4v) is 3.20. The Balaban J connectivity index is 1.59. The molecule has 0 aliphatic carbocycles. The molecule has 4 atom stereocenters. The molecular weight excluding hydrogens is 267 g/mol. The van der Waals surface area contributed by atoms with Crippen LogP contribution in [-0.2, 0) is 25.6 Å². The van der Waals surface area contributed by atoms with Crippen LogP contribution in [0.4, 0.5) is 0 Å². The van der Waals surface area contributed by atoms with E-state index in [4.69, 9.17) is 22.1 Å². The van der Waals surface area contributed by atoms with Crippen molar-refractivity contribution in [3.8, 4) is 0 Å². The summed E-state index contributed by atoms with van der Waals surface area (Å²) >= 11 is 0.